The summed E-state index contributed by atoms with van der Waals surface area (Å²) in [7, 11) is 0. The summed E-state index contributed by atoms with van der Waals surface area (Å²) in [6, 6.07) is 1.03. The van der Waals surface area contributed by atoms with Crippen molar-refractivity contribution in [2.75, 3.05) is 39.4 Å². The molecule has 2 atom stereocenters. The maximum Gasteiger partial charge on any atom is 0.0636 e. The number of hydrogen-bond acceptors (Lipinski definition) is 4. The molecule has 0 aromatic carbocycles. The van der Waals surface area contributed by atoms with Crippen molar-refractivity contribution in [3.05, 3.63) is 0 Å². The number of hydrogen-bond donors (Lipinski definition) is 3. The number of nitrogens with one attached hydrogen (secondary N) is 3. The topological polar surface area (TPSA) is 45.3 Å². The lowest BCUT2D eigenvalue weighted by molar-refractivity contribution is 0.0616. The molecule has 2 unspecified atom stereocenters. The second-order valence-corrected chi connectivity index (χ2v) is 3.40. The van der Waals surface area contributed by atoms with Crippen LogP contribution in [0.3, 0.4) is 0 Å². The van der Waals surface area contributed by atoms with E-state index in [0.717, 1.165) is 39.4 Å². The van der Waals surface area contributed by atoms with Gasteiger partial charge in [-0.2, -0.15) is 0 Å². The summed E-state index contributed by atoms with van der Waals surface area (Å²) in [5.41, 5.74) is 0. The molecule has 2 rings (SSSR count). The fourth-order valence-electron chi connectivity index (χ4n) is 1.80. The minimum Gasteiger partial charge on any atom is -0.378 e. The first-order chi connectivity index (χ1) is 5.97. The van der Waals surface area contributed by atoms with Crippen LogP contribution >= 0.6 is 0 Å². The van der Waals surface area contributed by atoms with Crippen molar-refractivity contribution >= 4 is 0 Å². The summed E-state index contributed by atoms with van der Waals surface area (Å²) in [5.74, 6) is 0. The van der Waals surface area contributed by atoms with Gasteiger partial charge in [-0.1, -0.05) is 0 Å². The van der Waals surface area contributed by atoms with E-state index in [4.69, 9.17) is 4.74 Å². The van der Waals surface area contributed by atoms with E-state index in [1.807, 2.05) is 0 Å². The predicted molar refractivity (Wildman–Crippen MR) is 47.3 cm³/mol. The van der Waals surface area contributed by atoms with Crippen LogP contribution in [0.2, 0.25) is 0 Å². The van der Waals surface area contributed by atoms with Crippen LogP contribution in [0, 0.1) is 0 Å². The van der Waals surface area contributed by atoms with E-state index in [0.29, 0.717) is 12.1 Å². The zero-order valence-electron chi connectivity index (χ0n) is 7.31. The largest absolute Gasteiger partial charge is 0.378 e. The molecule has 0 saturated carbocycles. The molecule has 2 aliphatic heterocycles. The molecule has 2 aliphatic rings. The molecule has 0 spiro atoms. The average molecular weight is 171 g/mol. The fourth-order valence-corrected chi connectivity index (χ4v) is 1.80. The summed E-state index contributed by atoms with van der Waals surface area (Å²) in [5, 5.41) is 10.3. The number of ether oxygens (including phenoxy) is 1. The normalized spacial score (nSPS) is 38.0. The summed E-state index contributed by atoms with van der Waals surface area (Å²) in [6.45, 7) is 5.91. The molecule has 4 heteroatoms. The highest BCUT2D eigenvalue weighted by Gasteiger charge is 2.24. The molecular weight excluding hydrogens is 154 g/mol. The van der Waals surface area contributed by atoms with Gasteiger partial charge in [0.15, 0.2) is 0 Å². The Balaban J connectivity index is 1.80. The molecule has 0 aromatic rings. The van der Waals surface area contributed by atoms with E-state index in [-0.39, 0.29) is 0 Å². The molecule has 3 N–H and O–H groups in total. The van der Waals surface area contributed by atoms with Crippen molar-refractivity contribution < 1.29 is 4.74 Å². The Bertz CT molecular complexity index is 114. The monoisotopic (exact) mass is 171 g/mol. The summed E-state index contributed by atoms with van der Waals surface area (Å²) in [6.07, 6.45) is 0. The van der Waals surface area contributed by atoms with Crippen LogP contribution in [0.5, 0.6) is 0 Å². The third kappa shape index (κ3) is 1.95. The average Bonchev–Trinajstić information content (AvgIpc) is 2.21. The zero-order chi connectivity index (χ0) is 8.23. The van der Waals surface area contributed by atoms with Crippen molar-refractivity contribution in [2.24, 2.45) is 0 Å². The molecule has 2 fully saturated rings. The molecule has 0 aromatic heterocycles. The van der Waals surface area contributed by atoms with E-state index in [2.05, 4.69) is 16.0 Å². The van der Waals surface area contributed by atoms with Crippen LogP contribution < -0.4 is 16.0 Å². The van der Waals surface area contributed by atoms with Gasteiger partial charge < -0.3 is 20.7 Å². The fraction of sp³-hybridized carbons (Fsp3) is 1.00. The number of piperazine rings is 1. The molecule has 4 nitrogen and oxygen atoms in total. The molecule has 0 aliphatic carbocycles. The predicted octanol–water partition coefficient (Wildman–Crippen LogP) is -1.46. The van der Waals surface area contributed by atoms with Crippen molar-refractivity contribution in [1.29, 1.82) is 0 Å². The van der Waals surface area contributed by atoms with E-state index >= 15 is 0 Å². The molecule has 70 valence electrons. The second kappa shape index (κ2) is 4.18. The zero-order valence-corrected chi connectivity index (χ0v) is 7.31. The number of rotatable bonds is 1. The Morgan fingerprint density at radius 3 is 2.58 bits per heavy atom. The van der Waals surface area contributed by atoms with Gasteiger partial charge in [-0.3, -0.25) is 0 Å². The van der Waals surface area contributed by atoms with Crippen molar-refractivity contribution in [3.63, 3.8) is 0 Å². The standard InChI is InChI=1S/C8H17N3O/c1-2-10-7(5-9-1)8-6-12-4-3-11-8/h7-11H,1-6H2. The smallest absolute Gasteiger partial charge is 0.0636 e. The molecule has 0 amide bonds. The SMILES string of the molecule is C1CNC(C2COCCN2)CN1. The maximum absolute atomic E-state index is 5.41. The van der Waals surface area contributed by atoms with E-state index < -0.39 is 0 Å². The van der Waals surface area contributed by atoms with E-state index in [1.165, 1.54) is 0 Å². The van der Waals surface area contributed by atoms with Crippen LogP contribution in [-0.2, 0) is 4.74 Å². The first kappa shape index (κ1) is 8.44. The van der Waals surface area contributed by atoms with Crippen LogP contribution in [0.4, 0.5) is 0 Å². The van der Waals surface area contributed by atoms with Gasteiger partial charge in [-0.15, -0.1) is 0 Å². The highest BCUT2D eigenvalue weighted by atomic mass is 16.5. The maximum atomic E-state index is 5.41. The first-order valence-electron chi connectivity index (χ1n) is 4.72. The lowest BCUT2D eigenvalue weighted by Gasteiger charge is -2.34. The first-order valence-corrected chi connectivity index (χ1v) is 4.72. The minimum atomic E-state index is 0.492. The van der Waals surface area contributed by atoms with Crippen LogP contribution in [0.25, 0.3) is 0 Å². The highest BCUT2D eigenvalue weighted by Crippen LogP contribution is 2.00. The minimum absolute atomic E-state index is 0.492. The van der Waals surface area contributed by atoms with Gasteiger partial charge in [0.1, 0.15) is 0 Å². The molecular formula is C8H17N3O. The van der Waals surface area contributed by atoms with Gasteiger partial charge in [0.05, 0.1) is 13.2 Å². The third-order valence-electron chi connectivity index (χ3n) is 2.51. The molecule has 2 saturated heterocycles. The van der Waals surface area contributed by atoms with Crippen LogP contribution in [0.15, 0.2) is 0 Å². The summed E-state index contributed by atoms with van der Waals surface area (Å²) >= 11 is 0. The van der Waals surface area contributed by atoms with Gasteiger partial charge in [0.25, 0.3) is 0 Å². The molecule has 12 heavy (non-hydrogen) atoms. The summed E-state index contributed by atoms with van der Waals surface area (Å²) < 4.78 is 5.41. The lowest BCUT2D eigenvalue weighted by Crippen LogP contribution is -2.61. The summed E-state index contributed by atoms with van der Waals surface area (Å²) in [4.78, 5) is 0. The second-order valence-electron chi connectivity index (χ2n) is 3.40. The van der Waals surface area contributed by atoms with Crippen molar-refractivity contribution in [3.8, 4) is 0 Å². The molecule has 0 radical (unpaired) electrons. The van der Waals surface area contributed by atoms with Gasteiger partial charge in [-0.05, 0) is 0 Å². The van der Waals surface area contributed by atoms with E-state index in [1.54, 1.807) is 0 Å². The Morgan fingerprint density at radius 1 is 1.00 bits per heavy atom. The van der Waals surface area contributed by atoms with E-state index in [9.17, 15) is 0 Å². The van der Waals surface area contributed by atoms with Crippen molar-refractivity contribution in [1.82, 2.24) is 16.0 Å². The van der Waals surface area contributed by atoms with Crippen LogP contribution in [0.1, 0.15) is 0 Å². The highest BCUT2D eigenvalue weighted by molar-refractivity contribution is 4.88. The molecule has 0 bridgehead atoms. The molecule has 2 heterocycles. The van der Waals surface area contributed by atoms with Gasteiger partial charge in [0, 0.05) is 38.3 Å². The Hall–Kier alpha value is -0.160. The van der Waals surface area contributed by atoms with Gasteiger partial charge in [0.2, 0.25) is 0 Å². The third-order valence-corrected chi connectivity index (χ3v) is 2.51. The quantitative estimate of drug-likeness (QED) is 0.451. The Morgan fingerprint density at radius 2 is 1.92 bits per heavy atom. The van der Waals surface area contributed by atoms with Gasteiger partial charge >= 0.3 is 0 Å². The Labute approximate surface area is 73.0 Å². The van der Waals surface area contributed by atoms with Gasteiger partial charge in [-0.25, -0.2) is 0 Å². The van der Waals surface area contributed by atoms with Crippen molar-refractivity contribution in [2.45, 2.75) is 12.1 Å². The number of morpholine rings is 1. The Kier molecular flexibility index (Phi) is 2.94. The van der Waals surface area contributed by atoms with Crippen LogP contribution in [-0.4, -0.2) is 51.5 Å². The lowest BCUT2D eigenvalue weighted by atomic mass is 10.1.